The highest BCUT2D eigenvalue weighted by atomic mass is 16.4. The zero-order chi connectivity index (χ0) is 13.9. The molecule has 2 rings (SSSR count). The van der Waals surface area contributed by atoms with Gasteiger partial charge in [-0.05, 0) is 18.9 Å². The number of hydrogen-bond acceptors (Lipinski definition) is 3. The number of rotatable bonds is 3. The molecule has 0 aromatic carbocycles. The van der Waals surface area contributed by atoms with Gasteiger partial charge in [0.2, 0.25) is 5.91 Å². The summed E-state index contributed by atoms with van der Waals surface area (Å²) >= 11 is 0. The molecule has 0 atom stereocenters. The Morgan fingerprint density at radius 2 is 2.00 bits per heavy atom. The predicted molar refractivity (Wildman–Crippen MR) is 71.0 cm³/mol. The summed E-state index contributed by atoms with van der Waals surface area (Å²) in [6.07, 6.45) is 7.74. The Labute approximate surface area is 112 Å². The van der Waals surface area contributed by atoms with Gasteiger partial charge in [0, 0.05) is 11.6 Å². The summed E-state index contributed by atoms with van der Waals surface area (Å²) in [5.41, 5.74) is -0.0568. The molecule has 102 valence electrons. The second kappa shape index (κ2) is 5.38. The summed E-state index contributed by atoms with van der Waals surface area (Å²) in [5.74, 6) is -1.17. The minimum atomic E-state index is -1.06. The van der Waals surface area contributed by atoms with Crippen LogP contribution in [0, 0.1) is 5.41 Å². The molecule has 1 saturated carbocycles. The number of carbonyl (C=O) groups excluding carboxylic acids is 1. The maximum absolute atomic E-state index is 12.3. The van der Waals surface area contributed by atoms with Crippen LogP contribution in [-0.4, -0.2) is 22.0 Å². The first-order valence-electron chi connectivity index (χ1n) is 6.52. The van der Waals surface area contributed by atoms with Gasteiger partial charge < -0.3 is 10.4 Å². The quantitative estimate of drug-likeness (QED) is 0.877. The van der Waals surface area contributed by atoms with Crippen molar-refractivity contribution in [3.63, 3.8) is 0 Å². The minimum absolute atomic E-state index is 0.0720. The van der Waals surface area contributed by atoms with Gasteiger partial charge >= 0.3 is 5.97 Å². The van der Waals surface area contributed by atoms with Gasteiger partial charge in [0.25, 0.3) is 0 Å². The molecule has 0 bridgehead atoms. The van der Waals surface area contributed by atoms with Gasteiger partial charge in [-0.2, -0.15) is 0 Å². The Morgan fingerprint density at radius 1 is 1.32 bits per heavy atom. The summed E-state index contributed by atoms with van der Waals surface area (Å²) in [7, 11) is 0. The molecular formula is C14H18N2O3. The van der Waals surface area contributed by atoms with Gasteiger partial charge in [0.05, 0.1) is 17.4 Å². The molecule has 1 aliphatic rings. The van der Waals surface area contributed by atoms with Crippen LogP contribution in [0.5, 0.6) is 0 Å². The van der Waals surface area contributed by atoms with E-state index < -0.39 is 11.4 Å². The molecule has 2 N–H and O–H groups in total. The van der Waals surface area contributed by atoms with Gasteiger partial charge in [0.15, 0.2) is 0 Å². The lowest BCUT2D eigenvalue weighted by Gasteiger charge is -2.32. The molecule has 1 aromatic rings. The topological polar surface area (TPSA) is 79.3 Å². The first-order chi connectivity index (χ1) is 9.03. The third-order valence-corrected chi connectivity index (χ3v) is 3.80. The highest BCUT2D eigenvalue weighted by Crippen LogP contribution is 2.36. The van der Waals surface area contributed by atoms with Crippen molar-refractivity contribution < 1.29 is 14.7 Å². The largest absolute Gasteiger partial charge is 0.478 e. The highest BCUT2D eigenvalue weighted by Gasteiger charge is 2.34. The van der Waals surface area contributed by atoms with Gasteiger partial charge in [-0.3, -0.25) is 9.78 Å². The van der Waals surface area contributed by atoms with E-state index in [2.05, 4.69) is 10.3 Å². The number of carboxylic acids is 1. The van der Waals surface area contributed by atoms with Crippen LogP contribution in [0.1, 0.15) is 49.4 Å². The summed E-state index contributed by atoms with van der Waals surface area (Å²) in [6.45, 7) is 1.94. The van der Waals surface area contributed by atoms with Crippen molar-refractivity contribution in [3.8, 4) is 0 Å². The summed E-state index contributed by atoms with van der Waals surface area (Å²) in [4.78, 5) is 27.3. The number of anilines is 1. The van der Waals surface area contributed by atoms with Crippen molar-refractivity contribution in [3.05, 3.63) is 24.0 Å². The van der Waals surface area contributed by atoms with E-state index in [0.29, 0.717) is 0 Å². The lowest BCUT2D eigenvalue weighted by Crippen LogP contribution is -2.35. The molecule has 1 fully saturated rings. The van der Waals surface area contributed by atoms with Crippen molar-refractivity contribution in [2.24, 2.45) is 5.41 Å². The van der Waals surface area contributed by atoms with Crippen molar-refractivity contribution in [1.29, 1.82) is 0 Å². The van der Waals surface area contributed by atoms with Crippen LogP contribution in [0.4, 0.5) is 5.69 Å². The van der Waals surface area contributed by atoms with Gasteiger partial charge in [-0.1, -0.05) is 26.2 Å². The summed E-state index contributed by atoms with van der Waals surface area (Å²) in [5, 5.41) is 11.8. The summed E-state index contributed by atoms with van der Waals surface area (Å²) < 4.78 is 0. The normalized spacial score (nSPS) is 17.7. The van der Waals surface area contributed by atoms with Crippen LogP contribution in [0.15, 0.2) is 18.5 Å². The van der Waals surface area contributed by atoms with Crippen molar-refractivity contribution >= 4 is 17.6 Å². The number of aromatic nitrogens is 1. The third kappa shape index (κ3) is 2.92. The smallest absolute Gasteiger partial charge is 0.337 e. The van der Waals surface area contributed by atoms with Crippen molar-refractivity contribution in [1.82, 2.24) is 4.98 Å². The predicted octanol–water partition coefficient (Wildman–Crippen LogP) is 2.69. The molecule has 0 aliphatic heterocycles. The minimum Gasteiger partial charge on any atom is -0.478 e. The fourth-order valence-electron chi connectivity index (χ4n) is 2.51. The molecule has 1 amide bonds. The maximum Gasteiger partial charge on any atom is 0.337 e. The fourth-order valence-corrected chi connectivity index (χ4v) is 2.51. The van der Waals surface area contributed by atoms with E-state index in [0.717, 1.165) is 32.1 Å². The van der Waals surface area contributed by atoms with Gasteiger partial charge in [-0.15, -0.1) is 0 Å². The van der Waals surface area contributed by atoms with Gasteiger partial charge in [-0.25, -0.2) is 4.79 Å². The Hall–Kier alpha value is -1.91. The number of aromatic carboxylic acids is 1. The molecule has 1 heterocycles. The van der Waals surface area contributed by atoms with Crippen LogP contribution < -0.4 is 5.32 Å². The number of amides is 1. The average Bonchev–Trinajstić information content (AvgIpc) is 2.40. The molecule has 1 aliphatic carbocycles. The van der Waals surface area contributed by atoms with Gasteiger partial charge in [0.1, 0.15) is 0 Å². The Balaban J connectivity index is 2.17. The van der Waals surface area contributed by atoms with E-state index >= 15 is 0 Å². The standard InChI is InChI=1S/C14H18N2O3/c1-14(6-3-2-4-7-14)13(19)16-11-9-15-8-5-10(11)12(17)18/h5,8-9H,2-4,6-7H2,1H3,(H,16,19)(H,17,18). The number of hydrogen-bond donors (Lipinski definition) is 2. The Bertz CT molecular complexity index is 493. The number of pyridine rings is 1. The van der Waals surface area contributed by atoms with Crippen LogP contribution in [0.3, 0.4) is 0 Å². The summed E-state index contributed by atoms with van der Waals surface area (Å²) in [6, 6.07) is 1.39. The van der Waals surface area contributed by atoms with Crippen LogP contribution in [0.2, 0.25) is 0 Å². The van der Waals surface area contributed by atoms with E-state index in [1.165, 1.54) is 18.5 Å². The molecule has 5 heteroatoms. The van der Waals surface area contributed by atoms with Crippen LogP contribution in [0.25, 0.3) is 0 Å². The first kappa shape index (κ1) is 13.5. The molecular weight excluding hydrogens is 244 g/mol. The molecule has 0 unspecified atom stereocenters. The number of carboxylic acid groups (broad SMARTS) is 1. The van der Waals surface area contributed by atoms with E-state index in [-0.39, 0.29) is 17.2 Å². The molecule has 5 nitrogen and oxygen atoms in total. The number of carbonyl (C=O) groups is 2. The fraction of sp³-hybridized carbons (Fsp3) is 0.500. The monoisotopic (exact) mass is 262 g/mol. The SMILES string of the molecule is CC1(C(=O)Nc2cnccc2C(=O)O)CCCCC1. The second-order valence-electron chi connectivity index (χ2n) is 5.30. The molecule has 0 saturated heterocycles. The number of nitrogens with zero attached hydrogens (tertiary/aromatic N) is 1. The van der Waals surface area contributed by atoms with E-state index in [4.69, 9.17) is 5.11 Å². The second-order valence-corrected chi connectivity index (χ2v) is 5.30. The zero-order valence-electron chi connectivity index (χ0n) is 11.0. The Morgan fingerprint density at radius 3 is 2.63 bits per heavy atom. The lowest BCUT2D eigenvalue weighted by molar-refractivity contribution is -0.126. The van der Waals surface area contributed by atoms with Crippen molar-refractivity contribution in [2.75, 3.05) is 5.32 Å². The van der Waals surface area contributed by atoms with Crippen LogP contribution >= 0.6 is 0 Å². The highest BCUT2D eigenvalue weighted by molar-refractivity contribution is 6.01. The van der Waals surface area contributed by atoms with E-state index in [1.54, 1.807) is 0 Å². The van der Waals surface area contributed by atoms with E-state index in [1.807, 2.05) is 6.92 Å². The maximum atomic E-state index is 12.3. The first-order valence-corrected chi connectivity index (χ1v) is 6.52. The molecule has 0 radical (unpaired) electrons. The third-order valence-electron chi connectivity index (χ3n) is 3.80. The van der Waals surface area contributed by atoms with Crippen LogP contribution in [-0.2, 0) is 4.79 Å². The Kier molecular flexibility index (Phi) is 3.83. The zero-order valence-corrected chi connectivity index (χ0v) is 11.0. The van der Waals surface area contributed by atoms with E-state index in [9.17, 15) is 9.59 Å². The van der Waals surface area contributed by atoms with Crippen molar-refractivity contribution in [2.45, 2.75) is 39.0 Å². The lowest BCUT2D eigenvalue weighted by atomic mass is 9.75. The number of nitrogens with one attached hydrogen (secondary N) is 1. The molecule has 0 spiro atoms. The molecule has 19 heavy (non-hydrogen) atoms. The average molecular weight is 262 g/mol. The molecule has 1 aromatic heterocycles.